The number of hydrogen-bond donors (Lipinski definition) is 2. The number of amides is 1. The molecule has 1 saturated heterocycles. The largest absolute Gasteiger partial charge is 0.386 e. The van der Waals surface area contributed by atoms with Gasteiger partial charge in [-0.25, -0.2) is 0 Å². The van der Waals surface area contributed by atoms with Crippen LogP contribution in [0, 0.1) is 0 Å². The Morgan fingerprint density at radius 1 is 1.44 bits per heavy atom. The lowest BCUT2D eigenvalue weighted by Crippen LogP contribution is -2.61. The average Bonchev–Trinajstić information content (AvgIpc) is 2.35. The first-order chi connectivity index (χ1) is 8.58. The topological polar surface area (TPSA) is 78.4 Å². The van der Waals surface area contributed by atoms with Crippen LogP contribution in [0.15, 0.2) is 12.1 Å². The van der Waals surface area contributed by atoms with Crippen molar-refractivity contribution < 1.29 is 9.90 Å². The molecule has 98 valence electrons. The Labute approximate surface area is 106 Å². The summed E-state index contributed by atoms with van der Waals surface area (Å²) in [7, 11) is 0. The van der Waals surface area contributed by atoms with E-state index >= 15 is 0 Å². The summed E-state index contributed by atoms with van der Waals surface area (Å²) in [6.45, 7) is 5.52. The fourth-order valence-corrected chi connectivity index (χ4v) is 1.92. The first-order valence-corrected chi connectivity index (χ1v) is 6.17. The van der Waals surface area contributed by atoms with Gasteiger partial charge in [0.05, 0.1) is 18.7 Å². The molecule has 1 aromatic rings. The lowest BCUT2D eigenvalue weighted by molar-refractivity contribution is 0.00796. The molecule has 6 heteroatoms. The van der Waals surface area contributed by atoms with Crippen LogP contribution in [0.25, 0.3) is 0 Å². The number of nitrogens with one attached hydrogen (secondary N) is 1. The highest BCUT2D eigenvalue weighted by molar-refractivity contribution is 5.92. The first-order valence-electron chi connectivity index (χ1n) is 6.17. The van der Waals surface area contributed by atoms with Crippen molar-refractivity contribution in [2.24, 2.45) is 0 Å². The molecular formula is C12H18N4O2. The van der Waals surface area contributed by atoms with Crippen LogP contribution < -0.4 is 10.2 Å². The second-order valence-electron chi connectivity index (χ2n) is 4.57. The zero-order valence-electron chi connectivity index (χ0n) is 10.7. The van der Waals surface area contributed by atoms with Gasteiger partial charge in [-0.15, -0.1) is 10.2 Å². The molecule has 0 unspecified atom stereocenters. The third-order valence-electron chi connectivity index (χ3n) is 3.17. The standard InChI is InChI=1S/C12H18N4O2/c1-3-12(18)7-16(8-12)10-6-5-9(14-15-10)11(17)13-4-2/h5-6,18H,3-4,7-8H2,1-2H3,(H,13,17). The van der Waals surface area contributed by atoms with E-state index < -0.39 is 5.60 Å². The molecule has 0 radical (unpaired) electrons. The van der Waals surface area contributed by atoms with Gasteiger partial charge in [-0.3, -0.25) is 4.79 Å². The van der Waals surface area contributed by atoms with Crippen LogP contribution in [-0.2, 0) is 0 Å². The van der Waals surface area contributed by atoms with Gasteiger partial charge in [-0.1, -0.05) is 6.92 Å². The van der Waals surface area contributed by atoms with E-state index in [0.29, 0.717) is 31.1 Å². The van der Waals surface area contributed by atoms with E-state index in [0.717, 1.165) is 6.42 Å². The summed E-state index contributed by atoms with van der Waals surface area (Å²) in [5, 5.41) is 20.5. The Morgan fingerprint density at radius 3 is 2.67 bits per heavy atom. The molecule has 1 amide bonds. The predicted molar refractivity (Wildman–Crippen MR) is 67.5 cm³/mol. The molecule has 0 aromatic carbocycles. The summed E-state index contributed by atoms with van der Waals surface area (Å²) >= 11 is 0. The van der Waals surface area contributed by atoms with Crippen molar-refractivity contribution in [3.63, 3.8) is 0 Å². The fraction of sp³-hybridized carbons (Fsp3) is 0.583. The Balaban J connectivity index is 1.99. The zero-order valence-corrected chi connectivity index (χ0v) is 10.7. The molecule has 0 saturated carbocycles. The first kappa shape index (κ1) is 12.8. The molecule has 0 bridgehead atoms. The van der Waals surface area contributed by atoms with E-state index in [-0.39, 0.29) is 5.91 Å². The summed E-state index contributed by atoms with van der Waals surface area (Å²) in [6.07, 6.45) is 0.730. The van der Waals surface area contributed by atoms with Gasteiger partial charge >= 0.3 is 0 Å². The summed E-state index contributed by atoms with van der Waals surface area (Å²) in [5.74, 6) is 0.478. The second kappa shape index (κ2) is 4.89. The second-order valence-corrected chi connectivity index (χ2v) is 4.57. The molecule has 2 heterocycles. The zero-order chi connectivity index (χ0) is 13.2. The number of carbonyl (C=O) groups excluding carboxylic acids is 1. The maximum absolute atomic E-state index is 11.5. The molecule has 0 spiro atoms. The number of anilines is 1. The third kappa shape index (κ3) is 2.43. The molecule has 1 aliphatic heterocycles. The maximum atomic E-state index is 11.5. The molecule has 2 rings (SSSR count). The van der Waals surface area contributed by atoms with Gasteiger partial charge < -0.3 is 15.3 Å². The summed E-state index contributed by atoms with van der Waals surface area (Å²) in [4.78, 5) is 13.4. The molecule has 0 aliphatic carbocycles. The molecule has 2 N–H and O–H groups in total. The molecule has 18 heavy (non-hydrogen) atoms. The predicted octanol–water partition coefficient (Wildman–Crippen LogP) is 0.187. The molecule has 1 aliphatic rings. The summed E-state index contributed by atoms with van der Waals surface area (Å²) < 4.78 is 0. The van der Waals surface area contributed by atoms with E-state index in [2.05, 4.69) is 15.5 Å². The normalized spacial score (nSPS) is 17.2. The van der Waals surface area contributed by atoms with Crippen molar-refractivity contribution >= 4 is 11.7 Å². The molecule has 6 nitrogen and oxygen atoms in total. The van der Waals surface area contributed by atoms with Crippen LogP contribution in [0.5, 0.6) is 0 Å². The van der Waals surface area contributed by atoms with E-state index in [9.17, 15) is 9.90 Å². The quantitative estimate of drug-likeness (QED) is 0.797. The Hall–Kier alpha value is -1.69. The van der Waals surface area contributed by atoms with E-state index in [1.165, 1.54) is 0 Å². The SMILES string of the molecule is CCNC(=O)c1ccc(N2CC(O)(CC)C2)nn1. The van der Waals surface area contributed by atoms with Crippen molar-refractivity contribution in [2.75, 3.05) is 24.5 Å². The van der Waals surface area contributed by atoms with Crippen molar-refractivity contribution in [1.29, 1.82) is 0 Å². The van der Waals surface area contributed by atoms with Crippen molar-refractivity contribution in [2.45, 2.75) is 25.9 Å². The summed E-state index contributed by atoms with van der Waals surface area (Å²) in [6, 6.07) is 3.41. The molecular weight excluding hydrogens is 232 g/mol. The number of rotatable bonds is 4. The highest BCUT2D eigenvalue weighted by atomic mass is 16.3. The summed E-state index contributed by atoms with van der Waals surface area (Å²) in [5.41, 5.74) is -0.285. The Morgan fingerprint density at radius 2 is 2.17 bits per heavy atom. The van der Waals surface area contributed by atoms with E-state index in [4.69, 9.17) is 0 Å². The van der Waals surface area contributed by atoms with E-state index in [1.54, 1.807) is 12.1 Å². The van der Waals surface area contributed by atoms with Gasteiger partial charge in [0.25, 0.3) is 5.91 Å². The van der Waals surface area contributed by atoms with E-state index in [1.807, 2.05) is 18.7 Å². The minimum absolute atomic E-state index is 0.217. The minimum Gasteiger partial charge on any atom is -0.386 e. The molecule has 0 atom stereocenters. The maximum Gasteiger partial charge on any atom is 0.271 e. The van der Waals surface area contributed by atoms with Crippen LogP contribution in [0.3, 0.4) is 0 Å². The van der Waals surface area contributed by atoms with Gasteiger partial charge in [-0.2, -0.15) is 0 Å². The smallest absolute Gasteiger partial charge is 0.271 e. The Kier molecular flexibility index (Phi) is 3.47. The lowest BCUT2D eigenvalue weighted by Gasteiger charge is -2.46. The molecule has 1 aromatic heterocycles. The highest BCUT2D eigenvalue weighted by Crippen LogP contribution is 2.27. The van der Waals surface area contributed by atoms with Crippen molar-refractivity contribution in [1.82, 2.24) is 15.5 Å². The lowest BCUT2D eigenvalue weighted by atomic mass is 9.91. The van der Waals surface area contributed by atoms with Crippen molar-refractivity contribution in [3.05, 3.63) is 17.8 Å². The van der Waals surface area contributed by atoms with Crippen LogP contribution in [-0.4, -0.2) is 46.4 Å². The van der Waals surface area contributed by atoms with Crippen LogP contribution in [0.1, 0.15) is 30.8 Å². The molecule has 1 fully saturated rings. The Bertz CT molecular complexity index is 426. The fourth-order valence-electron chi connectivity index (χ4n) is 1.92. The van der Waals surface area contributed by atoms with Crippen LogP contribution in [0.2, 0.25) is 0 Å². The number of aliphatic hydroxyl groups is 1. The van der Waals surface area contributed by atoms with Gasteiger partial charge in [0.2, 0.25) is 0 Å². The highest BCUT2D eigenvalue weighted by Gasteiger charge is 2.40. The van der Waals surface area contributed by atoms with Gasteiger partial charge in [-0.05, 0) is 25.5 Å². The van der Waals surface area contributed by atoms with Gasteiger partial charge in [0.1, 0.15) is 0 Å². The average molecular weight is 250 g/mol. The van der Waals surface area contributed by atoms with Crippen molar-refractivity contribution in [3.8, 4) is 0 Å². The monoisotopic (exact) mass is 250 g/mol. The number of hydrogen-bond acceptors (Lipinski definition) is 5. The van der Waals surface area contributed by atoms with Crippen LogP contribution >= 0.6 is 0 Å². The number of nitrogens with zero attached hydrogens (tertiary/aromatic N) is 3. The minimum atomic E-state index is -0.597. The van der Waals surface area contributed by atoms with Gasteiger partial charge in [0, 0.05) is 6.54 Å². The number of aromatic nitrogens is 2. The number of carbonyl (C=O) groups is 1. The van der Waals surface area contributed by atoms with Crippen LogP contribution in [0.4, 0.5) is 5.82 Å². The third-order valence-corrected chi connectivity index (χ3v) is 3.17. The number of β-amino-alcohol motifs (C(OH)–C–C–N with tert-alkyl or cyclic N) is 1. The van der Waals surface area contributed by atoms with Gasteiger partial charge in [0.15, 0.2) is 11.5 Å².